The fraction of sp³-hybridized carbons (Fsp3) is 0.684. The van der Waals surface area contributed by atoms with Gasteiger partial charge in [0, 0.05) is 0 Å². The Balaban J connectivity index is 2.82. The van der Waals surface area contributed by atoms with Crippen LogP contribution in [0.2, 0.25) is 18.1 Å². The summed E-state index contributed by atoms with van der Waals surface area (Å²) in [5.74, 6) is 0.316. The van der Waals surface area contributed by atoms with E-state index in [1.165, 1.54) is 5.06 Å². The van der Waals surface area contributed by atoms with Gasteiger partial charge in [0.25, 0.3) is 0 Å². The number of hydroxylamine groups is 2. The van der Waals surface area contributed by atoms with Gasteiger partial charge in [-0.25, -0.2) is 0 Å². The normalized spacial score (nSPS) is 16.0. The first-order valence-corrected chi connectivity index (χ1v) is 11.5. The average Bonchev–Trinajstić information content (AvgIpc) is 2.45. The van der Waals surface area contributed by atoms with Gasteiger partial charge in [-0.1, -0.05) is 65.0 Å². The molecule has 0 aliphatic rings. The standard InChI is InChI=1S/C19H35NO2Si/c1-15(2)18(14-22-23(7,8)19(4,5)6)20(21)16(3)17-12-10-9-11-13-17/h9-13,15-16,18,21H,14H2,1-8H3/t16-,18+/m0/s1. The molecule has 0 radical (unpaired) electrons. The van der Waals surface area contributed by atoms with Crippen LogP contribution in [0.5, 0.6) is 0 Å². The molecule has 4 heteroatoms. The van der Waals surface area contributed by atoms with Crippen LogP contribution in [0.4, 0.5) is 0 Å². The monoisotopic (exact) mass is 337 g/mol. The van der Waals surface area contributed by atoms with E-state index in [1.807, 2.05) is 25.1 Å². The Hall–Kier alpha value is -0.683. The molecule has 0 bridgehead atoms. The van der Waals surface area contributed by atoms with Gasteiger partial charge in [0.15, 0.2) is 8.32 Å². The van der Waals surface area contributed by atoms with Gasteiger partial charge in [0.1, 0.15) is 0 Å². The van der Waals surface area contributed by atoms with Gasteiger partial charge < -0.3 is 9.63 Å². The van der Waals surface area contributed by atoms with E-state index in [9.17, 15) is 5.21 Å². The van der Waals surface area contributed by atoms with Gasteiger partial charge in [0.2, 0.25) is 0 Å². The van der Waals surface area contributed by atoms with E-state index in [0.717, 1.165) is 5.56 Å². The van der Waals surface area contributed by atoms with Gasteiger partial charge in [-0.3, -0.25) is 0 Å². The third kappa shape index (κ3) is 5.42. The highest BCUT2D eigenvalue weighted by molar-refractivity contribution is 6.74. The van der Waals surface area contributed by atoms with Crippen molar-refractivity contribution in [1.82, 2.24) is 5.06 Å². The van der Waals surface area contributed by atoms with E-state index in [4.69, 9.17) is 4.43 Å². The Kier molecular flexibility index (Phi) is 7.02. The molecule has 0 amide bonds. The molecule has 0 unspecified atom stereocenters. The minimum absolute atomic E-state index is 0.0145. The zero-order valence-electron chi connectivity index (χ0n) is 16.1. The summed E-state index contributed by atoms with van der Waals surface area (Å²) in [6.45, 7) is 18.1. The van der Waals surface area contributed by atoms with E-state index in [-0.39, 0.29) is 17.1 Å². The first-order chi connectivity index (χ1) is 10.5. The van der Waals surface area contributed by atoms with Crippen LogP contribution in [0.25, 0.3) is 0 Å². The molecule has 1 rings (SSSR count). The van der Waals surface area contributed by atoms with Crippen LogP contribution in [0.15, 0.2) is 30.3 Å². The molecule has 132 valence electrons. The van der Waals surface area contributed by atoms with Crippen molar-refractivity contribution < 1.29 is 9.63 Å². The van der Waals surface area contributed by atoms with Crippen molar-refractivity contribution >= 4 is 8.32 Å². The van der Waals surface area contributed by atoms with Crippen molar-refractivity contribution in [3.63, 3.8) is 0 Å². The predicted molar refractivity (Wildman–Crippen MR) is 100 cm³/mol. The quantitative estimate of drug-likeness (QED) is 0.528. The van der Waals surface area contributed by atoms with Crippen molar-refractivity contribution in [1.29, 1.82) is 0 Å². The first kappa shape index (κ1) is 20.4. The van der Waals surface area contributed by atoms with Crippen molar-refractivity contribution in [2.75, 3.05) is 6.61 Å². The van der Waals surface area contributed by atoms with E-state index in [1.54, 1.807) is 0 Å². The summed E-state index contributed by atoms with van der Waals surface area (Å²) in [7, 11) is -1.81. The SMILES string of the molecule is CC(C)[C@@H](CO[Si](C)(C)C(C)(C)C)N(O)[C@@H](C)c1ccccc1. The van der Waals surface area contributed by atoms with Crippen LogP contribution in [-0.4, -0.2) is 31.2 Å². The number of rotatable bonds is 7. The Labute approximate surface area is 143 Å². The minimum atomic E-state index is -1.81. The molecule has 3 nitrogen and oxygen atoms in total. The summed E-state index contributed by atoms with van der Waals surface area (Å²) in [6.07, 6.45) is 0. The number of hydrogen-bond donors (Lipinski definition) is 1. The molecule has 23 heavy (non-hydrogen) atoms. The molecule has 1 aromatic rings. The van der Waals surface area contributed by atoms with Crippen LogP contribution in [0, 0.1) is 5.92 Å². The highest BCUT2D eigenvalue weighted by Gasteiger charge is 2.38. The third-order valence-electron chi connectivity index (χ3n) is 5.21. The maximum Gasteiger partial charge on any atom is 0.192 e. The van der Waals surface area contributed by atoms with Crippen LogP contribution < -0.4 is 0 Å². The van der Waals surface area contributed by atoms with Crippen LogP contribution in [-0.2, 0) is 4.43 Å². The molecule has 2 atom stereocenters. The molecular formula is C19H35NO2Si. The molecule has 1 aromatic carbocycles. The molecule has 0 saturated heterocycles. The molecule has 0 aromatic heterocycles. The highest BCUT2D eigenvalue weighted by Crippen LogP contribution is 2.37. The van der Waals surface area contributed by atoms with Gasteiger partial charge in [-0.05, 0) is 36.5 Å². The Morgan fingerprint density at radius 1 is 1.09 bits per heavy atom. The molecule has 0 aliphatic carbocycles. The van der Waals surface area contributed by atoms with Crippen molar-refractivity contribution in [2.24, 2.45) is 5.92 Å². The first-order valence-electron chi connectivity index (χ1n) is 8.63. The minimum Gasteiger partial charge on any atom is -0.415 e. The maximum absolute atomic E-state index is 10.8. The molecule has 0 saturated carbocycles. The Morgan fingerprint density at radius 2 is 1.61 bits per heavy atom. The van der Waals surface area contributed by atoms with Crippen molar-refractivity contribution in [2.45, 2.75) is 71.8 Å². The molecule has 0 spiro atoms. The van der Waals surface area contributed by atoms with Gasteiger partial charge >= 0.3 is 0 Å². The van der Waals surface area contributed by atoms with E-state index in [0.29, 0.717) is 12.5 Å². The lowest BCUT2D eigenvalue weighted by atomic mass is 10.0. The summed E-state index contributed by atoms with van der Waals surface area (Å²) in [5.41, 5.74) is 1.12. The Bertz CT molecular complexity index is 468. The molecule has 0 aliphatic heterocycles. The van der Waals surface area contributed by atoms with E-state index < -0.39 is 8.32 Å². The lowest BCUT2D eigenvalue weighted by Crippen LogP contribution is -2.47. The number of benzene rings is 1. The largest absolute Gasteiger partial charge is 0.415 e. The summed E-state index contributed by atoms with van der Waals surface area (Å²) in [5, 5.41) is 12.4. The van der Waals surface area contributed by atoms with Crippen molar-refractivity contribution in [3.8, 4) is 0 Å². The van der Waals surface area contributed by atoms with Gasteiger partial charge in [-0.2, -0.15) is 5.06 Å². The lowest BCUT2D eigenvalue weighted by Gasteiger charge is -2.40. The fourth-order valence-electron chi connectivity index (χ4n) is 2.26. The molecule has 0 fully saturated rings. The lowest BCUT2D eigenvalue weighted by molar-refractivity contribution is -0.176. The smallest absolute Gasteiger partial charge is 0.192 e. The van der Waals surface area contributed by atoms with Gasteiger partial charge in [0.05, 0.1) is 18.7 Å². The zero-order chi connectivity index (χ0) is 17.8. The van der Waals surface area contributed by atoms with E-state index >= 15 is 0 Å². The second-order valence-electron chi connectivity index (χ2n) is 8.35. The number of hydrogen-bond acceptors (Lipinski definition) is 3. The Morgan fingerprint density at radius 3 is 2.04 bits per heavy atom. The topological polar surface area (TPSA) is 32.7 Å². The summed E-state index contributed by atoms with van der Waals surface area (Å²) in [4.78, 5) is 0. The van der Waals surface area contributed by atoms with Crippen molar-refractivity contribution in [3.05, 3.63) is 35.9 Å². The van der Waals surface area contributed by atoms with Gasteiger partial charge in [-0.15, -0.1) is 0 Å². The van der Waals surface area contributed by atoms with Crippen LogP contribution >= 0.6 is 0 Å². The molecular weight excluding hydrogens is 302 g/mol. The predicted octanol–water partition coefficient (Wildman–Crippen LogP) is 5.49. The van der Waals surface area contributed by atoms with Crippen LogP contribution in [0.1, 0.15) is 53.1 Å². The second-order valence-corrected chi connectivity index (χ2v) is 13.2. The van der Waals surface area contributed by atoms with E-state index in [2.05, 4.69) is 59.8 Å². The zero-order valence-corrected chi connectivity index (χ0v) is 17.1. The summed E-state index contributed by atoms with van der Waals surface area (Å²) >= 11 is 0. The highest BCUT2D eigenvalue weighted by atomic mass is 28.4. The average molecular weight is 338 g/mol. The molecule has 1 N–H and O–H groups in total. The maximum atomic E-state index is 10.8. The second kappa shape index (κ2) is 7.93. The summed E-state index contributed by atoms with van der Waals surface area (Å²) < 4.78 is 6.36. The fourth-order valence-corrected chi connectivity index (χ4v) is 3.28. The number of nitrogens with zero attached hydrogens (tertiary/aromatic N) is 1. The van der Waals surface area contributed by atoms with Crippen LogP contribution in [0.3, 0.4) is 0 Å². The molecule has 0 heterocycles. The summed E-state index contributed by atoms with van der Waals surface area (Å²) in [6, 6.07) is 10.1. The third-order valence-corrected chi connectivity index (χ3v) is 9.71.